The van der Waals surface area contributed by atoms with Crippen molar-refractivity contribution in [1.29, 1.82) is 0 Å². The Balaban J connectivity index is 1.24. The summed E-state index contributed by atoms with van der Waals surface area (Å²) in [5.74, 6) is 1.35. The van der Waals surface area contributed by atoms with Crippen molar-refractivity contribution >= 4 is 34.9 Å². The van der Waals surface area contributed by atoms with E-state index in [1.165, 1.54) is 19.3 Å². The van der Waals surface area contributed by atoms with E-state index in [1.54, 1.807) is 24.4 Å². The molecule has 2 aromatic carbocycles. The zero-order valence-electron chi connectivity index (χ0n) is 20.1. The van der Waals surface area contributed by atoms with Crippen LogP contribution in [0, 0.1) is 5.92 Å². The normalized spacial score (nSPS) is 17.7. The number of carbonyl (C=O) groups is 1. The highest BCUT2D eigenvalue weighted by molar-refractivity contribution is 6.35. The van der Waals surface area contributed by atoms with Gasteiger partial charge in [-0.1, -0.05) is 41.4 Å². The fraction of sp³-hybridized carbons (Fsp3) is 0.357. The first-order chi connectivity index (χ1) is 17.5. The lowest BCUT2D eigenvalue weighted by Gasteiger charge is -2.33. The molecule has 1 aliphatic carbocycles. The number of nitrogens with zero attached hydrogens (tertiary/aromatic N) is 2. The average Bonchev–Trinajstić information content (AvgIpc) is 3.73. The molecule has 188 valence electrons. The summed E-state index contributed by atoms with van der Waals surface area (Å²) >= 11 is 12.5. The van der Waals surface area contributed by atoms with E-state index in [2.05, 4.69) is 10.3 Å². The van der Waals surface area contributed by atoms with Crippen molar-refractivity contribution in [3.05, 3.63) is 75.9 Å². The summed E-state index contributed by atoms with van der Waals surface area (Å²) in [6.07, 6.45) is 6.51. The summed E-state index contributed by atoms with van der Waals surface area (Å²) in [4.78, 5) is 19.4. The van der Waals surface area contributed by atoms with E-state index in [1.807, 2.05) is 35.2 Å². The minimum absolute atomic E-state index is 0.0914. The molecule has 1 aromatic heterocycles. The lowest BCUT2D eigenvalue weighted by molar-refractivity contribution is 0.0673. The Morgan fingerprint density at radius 2 is 1.83 bits per heavy atom. The smallest absolute Gasteiger partial charge is 0.253 e. The van der Waals surface area contributed by atoms with Gasteiger partial charge in [0.25, 0.3) is 5.91 Å². The van der Waals surface area contributed by atoms with Gasteiger partial charge in [0.15, 0.2) is 11.6 Å². The second-order valence-electron chi connectivity index (χ2n) is 9.62. The molecule has 5 rings (SSSR count). The van der Waals surface area contributed by atoms with E-state index in [0.29, 0.717) is 38.9 Å². The zero-order valence-corrected chi connectivity index (χ0v) is 21.6. The molecule has 0 radical (unpaired) electrons. The van der Waals surface area contributed by atoms with Gasteiger partial charge in [0.05, 0.1) is 0 Å². The van der Waals surface area contributed by atoms with Gasteiger partial charge in [0.2, 0.25) is 0 Å². The molecule has 2 heterocycles. The molecule has 1 aliphatic heterocycles. The lowest BCUT2D eigenvalue weighted by atomic mass is 9.97. The topological polar surface area (TPSA) is 80.5 Å². The Hall–Kier alpha value is -2.80. The van der Waals surface area contributed by atoms with E-state index in [4.69, 9.17) is 33.7 Å². The second-order valence-corrected chi connectivity index (χ2v) is 10.4. The summed E-state index contributed by atoms with van der Waals surface area (Å²) in [6.45, 7) is 2.82. The Labute approximate surface area is 221 Å². The standard InChI is InChI=1S/C28H30Cl2N4O2/c29-24-4-1-5-25(30)23(24)17-36-26-13-21(15-33-27(26)31)19-6-8-20(9-7-19)28(35)34-12-2-3-18(16-34)14-32-22-10-11-22/h1,4-9,13,15,18,22,32H,2-3,10-12,14,16-17H2,(H2,31,33)/t18-/m0/s1. The van der Waals surface area contributed by atoms with Crippen LogP contribution in [-0.4, -0.2) is 41.5 Å². The Kier molecular flexibility index (Phi) is 7.65. The molecule has 3 N–H and O–H groups in total. The number of pyridine rings is 1. The van der Waals surface area contributed by atoms with Gasteiger partial charge in [0, 0.05) is 52.1 Å². The molecule has 2 fully saturated rings. The van der Waals surface area contributed by atoms with Gasteiger partial charge in [-0.05, 0) is 74.0 Å². The molecule has 1 saturated carbocycles. The number of amides is 1. The number of ether oxygens (including phenoxy) is 1. The summed E-state index contributed by atoms with van der Waals surface area (Å²) in [6, 6.07) is 15.5. The van der Waals surface area contributed by atoms with Crippen molar-refractivity contribution in [3.63, 3.8) is 0 Å². The number of nitrogens with one attached hydrogen (secondary N) is 1. The second kappa shape index (κ2) is 11.1. The van der Waals surface area contributed by atoms with Crippen LogP contribution in [0.2, 0.25) is 10.0 Å². The molecule has 8 heteroatoms. The van der Waals surface area contributed by atoms with Crippen LogP contribution in [0.1, 0.15) is 41.6 Å². The third-order valence-corrected chi connectivity index (χ3v) is 7.57. The minimum Gasteiger partial charge on any atom is -0.485 e. The predicted molar refractivity (Wildman–Crippen MR) is 145 cm³/mol. The Bertz CT molecular complexity index is 1210. The average molecular weight is 525 g/mol. The van der Waals surface area contributed by atoms with Crippen LogP contribution in [-0.2, 0) is 6.61 Å². The third kappa shape index (κ3) is 5.94. The number of hydrogen-bond donors (Lipinski definition) is 2. The fourth-order valence-corrected chi connectivity index (χ4v) is 5.08. The van der Waals surface area contributed by atoms with Gasteiger partial charge >= 0.3 is 0 Å². The largest absolute Gasteiger partial charge is 0.485 e. The third-order valence-electron chi connectivity index (χ3n) is 6.86. The molecule has 1 saturated heterocycles. The first kappa shape index (κ1) is 24.9. The number of benzene rings is 2. The molecular formula is C28H30Cl2N4O2. The minimum atomic E-state index is 0.0914. The van der Waals surface area contributed by atoms with E-state index in [-0.39, 0.29) is 18.3 Å². The summed E-state index contributed by atoms with van der Waals surface area (Å²) in [7, 11) is 0. The van der Waals surface area contributed by atoms with Crippen molar-refractivity contribution in [2.75, 3.05) is 25.4 Å². The molecule has 6 nitrogen and oxygen atoms in total. The van der Waals surface area contributed by atoms with E-state index < -0.39 is 0 Å². The van der Waals surface area contributed by atoms with Crippen LogP contribution in [0.5, 0.6) is 5.75 Å². The zero-order chi connectivity index (χ0) is 25.1. The maximum Gasteiger partial charge on any atom is 0.253 e. The summed E-state index contributed by atoms with van der Waals surface area (Å²) < 4.78 is 5.91. The SMILES string of the molecule is Nc1ncc(-c2ccc(C(=O)N3CCC[C@@H](CNC4CC4)C3)cc2)cc1OCc1c(Cl)cccc1Cl. The van der Waals surface area contributed by atoms with E-state index >= 15 is 0 Å². The van der Waals surface area contributed by atoms with Crippen molar-refractivity contribution in [1.82, 2.24) is 15.2 Å². The highest BCUT2D eigenvalue weighted by Gasteiger charge is 2.27. The van der Waals surface area contributed by atoms with E-state index in [9.17, 15) is 4.79 Å². The number of anilines is 1. The highest BCUT2D eigenvalue weighted by Crippen LogP contribution is 2.31. The van der Waals surface area contributed by atoms with Crippen LogP contribution >= 0.6 is 23.2 Å². The van der Waals surface area contributed by atoms with Crippen LogP contribution in [0.15, 0.2) is 54.7 Å². The maximum atomic E-state index is 13.2. The van der Waals surface area contributed by atoms with Gasteiger partial charge < -0.3 is 20.7 Å². The monoisotopic (exact) mass is 524 g/mol. The van der Waals surface area contributed by atoms with Crippen molar-refractivity contribution in [3.8, 4) is 16.9 Å². The van der Waals surface area contributed by atoms with Gasteiger partial charge in [0.1, 0.15) is 6.61 Å². The van der Waals surface area contributed by atoms with Crippen LogP contribution < -0.4 is 15.8 Å². The van der Waals surface area contributed by atoms with Gasteiger partial charge in [-0.25, -0.2) is 4.98 Å². The number of halogens is 2. The maximum absolute atomic E-state index is 13.2. The first-order valence-electron chi connectivity index (χ1n) is 12.4. The molecule has 0 unspecified atom stereocenters. The van der Waals surface area contributed by atoms with Gasteiger partial charge in [-0.3, -0.25) is 4.79 Å². The van der Waals surface area contributed by atoms with Gasteiger partial charge in [-0.2, -0.15) is 0 Å². The Morgan fingerprint density at radius 3 is 2.56 bits per heavy atom. The molecule has 36 heavy (non-hydrogen) atoms. The molecule has 0 bridgehead atoms. The number of nitrogens with two attached hydrogens (primary N) is 1. The summed E-state index contributed by atoms with van der Waals surface area (Å²) in [5, 5.41) is 4.67. The number of carbonyl (C=O) groups excluding carboxylic acids is 1. The van der Waals surface area contributed by atoms with Crippen LogP contribution in [0.3, 0.4) is 0 Å². The van der Waals surface area contributed by atoms with Crippen LogP contribution in [0.4, 0.5) is 5.82 Å². The number of likely N-dealkylation sites (tertiary alicyclic amines) is 1. The quantitative estimate of drug-likeness (QED) is 0.388. The lowest BCUT2D eigenvalue weighted by Crippen LogP contribution is -2.43. The van der Waals surface area contributed by atoms with Crippen molar-refractivity contribution in [2.45, 2.75) is 38.3 Å². The van der Waals surface area contributed by atoms with Gasteiger partial charge in [-0.15, -0.1) is 0 Å². The molecule has 3 aromatic rings. The number of hydrogen-bond acceptors (Lipinski definition) is 5. The molecule has 2 aliphatic rings. The number of nitrogen functional groups attached to an aromatic ring is 1. The number of piperidine rings is 1. The Morgan fingerprint density at radius 1 is 1.08 bits per heavy atom. The summed E-state index contributed by atoms with van der Waals surface area (Å²) in [5.41, 5.74) is 9.20. The first-order valence-corrected chi connectivity index (χ1v) is 13.2. The molecule has 0 spiro atoms. The molecule has 1 amide bonds. The number of rotatable bonds is 8. The van der Waals surface area contributed by atoms with Crippen molar-refractivity contribution in [2.24, 2.45) is 5.92 Å². The molecule has 1 atom stereocenters. The highest BCUT2D eigenvalue weighted by atomic mass is 35.5. The van der Waals surface area contributed by atoms with Crippen LogP contribution in [0.25, 0.3) is 11.1 Å². The van der Waals surface area contributed by atoms with E-state index in [0.717, 1.165) is 37.2 Å². The number of aromatic nitrogens is 1. The fourth-order valence-electron chi connectivity index (χ4n) is 4.57. The van der Waals surface area contributed by atoms with Crippen molar-refractivity contribution < 1.29 is 9.53 Å². The predicted octanol–water partition coefficient (Wildman–Crippen LogP) is 5.82. The molecular weight excluding hydrogens is 495 g/mol.